The van der Waals surface area contributed by atoms with E-state index in [1.807, 2.05) is 0 Å². The maximum atomic E-state index is 13.3. The number of hydrogen-bond acceptors (Lipinski definition) is 9. The summed E-state index contributed by atoms with van der Waals surface area (Å²) in [5, 5.41) is -5.91. The second-order valence-corrected chi connectivity index (χ2v) is 7.96. The summed E-state index contributed by atoms with van der Waals surface area (Å²) in [4.78, 5) is 35.0. The molecule has 0 saturated carbocycles. The lowest BCUT2D eigenvalue weighted by Gasteiger charge is -2.26. The van der Waals surface area contributed by atoms with Gasteiger partial charge in [0.05, 0.1) is 12.0 Å². The molecule has 0 amide bonds. The van der Waals surface area contributed by atoms with Crippen molar-refractivity contribution in [2.24, 2.45) is 11.8 Å². The van der Waals surface area contributed by atoms with E-state index in [1.54, 1.807) is 0 Å². The van der Waals surface area contributed by atoms with Crippen LogP contribution in [0.1, 0.15) is 6.42 Å². The Bertz CT molecular complexity index is 839. The molecule has 3 rings (SSSR count). The summed E-state index contributed by atoms with van der Waals surface area (Å²) >= 11 is 0. The molecule has 0 radical (unpaired) electrons. The van der Waals surface area contributed by atoms with Crippen molar-refractivity contribution in [1.82, 2.24) is 0 Å². The number of ether oxygens (including phenoxy) is 4. The summed E-state index contributed by atoms with van der Waals surface area (Å²) in [7, 11) is -6.60. The van der Waals surface area contributed by atoms with Gasteiger partial charge in [-0.2, -0.15) is 30.4 Å². The lowest BCUT2D eigenvalue weighted by Crippen LogP contribution is -2.52. The lowest BCUT2D eigenvalue weighted by atomic mass is 9.82. The van der Waals surface area contributed by atoms with Crippen LogP contribution >= 0.6 is 0 Å². The zero-order valence-corrected chi connectivity index (χ0v) is 14.6. The fourth-order valence-electron chi connectivity index (χ4n) is 3.42. The van der Waals surface area contributed by atoms with Gasteiger partial charge in [0.25, 0.3) is 6.10 Å². The van der Waals surface area contributed by atoms with Crippen molar-refractivity contribution in [3.8, 4) is 0 Å². The molecule has 10 nitrogen and oxygen atoms in total. The zero-order chi connectivity index (χ0) is 21.9. The van der Waals surface area contributed by atoms with Crippen molar-refractivity contribution in [3.63, 3.8) is 0 Å². The second-order valence-electron chi connectivity index (χ2n) is 6.46. The molecular weight excluding hydrogens is 443 g/mol. The molecule has 2 bridgehead atoms. The minimum Gasteiger partial charge on any atom is -0.458 e. The molecule has 3 aliphatic rings. The topological polar surface area (TPSA) is 142 Å². The highest BCUT2D eigenvalue weighted by atomic mass is 32.2. The van der Waals surface area contributed by atoms with Gasteiger partial charge in [0, 0.05) is 0 Å². The van der Waals surface area contributed by atoms with E-state index >= 15 is 0 Å². The van der Waals surface area contributed by atoms with Crippen molar-refractivity contribution >= 4 is 28.0 Å². The third kappa shape index (κ3) is 3.63. The van der Waals surface area contributed by atoms with Crippen LogP contribution in [0.25, 0.3) is 0 Å². The van der Waals surface area contributed by atoms with Gasteiger partial charge in [-0.25, -0.2) is 4.79 Å². The van der Waals surface area contributed by atoms with Gasteiger partial charge in [-0.1, -0.05) is 0 Å². The third-order valence-electron chi connectivity index (χ3n) is 4.65. The number of rotatable bonds is 6. The van der Waals surface area contributed by atoms with Gasteiger partial charge < -0.3 is 18.9 Å². The molecule has 0 aromatic heterocycles. The van der Waals surface area contributed by atoms with Crippen LogP contribution in [0.3, 0.4) is 0 Å². The van der Waals surface area contributed by atoms with E-state index in [2.05, 4.69) is 9.47 Å². The summed E-state index contributed by atoms with van der Waals surface area (Å²) in [5.41, 5.74) is 0. The maximum Gasteiger partial charge on any atom is 0.432 e. The molecule has 3 fully saturated rings. The predicted octanol–water partition coefficient (Wildman–Crippen LogP) is -0.187. The van der Waals surface area contributed by atoms with Crippen molar-refractivity contribution in [1.29, 1.82) is 0 Å². The average molecular weight is 454 g/mol. The zero-order valence-electron chi connectivity index (χ0n) is 13.8. The smallest absolute Gasteiger partial charge is 0.432 e. The van der Waals surface area contributed by atoms with Crippen LogP contribution in [0, 0.1) is 11.8 Å². The molecule has 0 aliphatic carbocycles. The average Bonchev–Trinajstić information content (AvgIpc) is 3.18. The van der Waals surface area contributed by atoms with Crippen LogP contribution in [0.5, 0.6) is 0 Å². The van der Waals surface area contributed by atoms with Gasteiger partial charge in [-0.15, -0.1) is 0 Å². The van der Waals surface area contributed by atoms with Crippen LogP contribution in [-0.2, 0) is 43.4 Å². The van der Waals surface area contributed by atoms with Gasteiger partial charge in [0.2, 0.25) is 0 Å². The molecule has 6 unspecified atom stereocenters. The minimum atomic E-state index is -6.60. The van der Waals surface area contributed by atoms with Crippen LogP contribution in [-0.4, -0.2) is 73.3 Å². The Hall–Kier alpha value is -2.07. The van der Waals surface area contributed by atoms with Crippen molar-refractivity contribution in [2.75, 3.05) is 6.61 Å². The summed E-state index contributed by atoms with van der Waals surface area (Å²) in [5.74, 6) is -5.70. The normalized spacial score (nSPS) is 32.1. The van der Waals surface area contributed by atoms with Crippen LogP contribution in [0.4, 0.5) is 22.0 Å². The van der Waals surface area contributed by atoms with E-state index in [0.29, 0.717) is 0 Å². The van der Waals surface area contributed by atoms with Gasteiger partial charge >= 0.3 is 39.5 Å². The molecule has 0 spiro atoms. The molecule has 6 atom stereocenters. The number of fused-ring (bicyclic) bond motifs is 1. The molecule has 16 heteroatoms. The highest BCUT2D eigenvalue weighted by Gasteiger charge is 2.67. The van der Waals surface area contributed by atoms with Crippen LogP contribution < -0.4 is 0 Å². The summed E-state index contributed by atoms with van der Waals surface area (Å²) in [6, 6.07) is 0. The van der Waals surface area contributed by atoms with Gasteiger partial charge in [0.1, 0.15) is 18.1 Å². The highest BCUT2D eigenvalue weighted by Crippen LogP contribution is 2.49. The molecule has 1 N–H and O–H groups in total. The van der Waals surface area contributed by atoms with E-state index in [9.17, 15) is 44.8 Å². The molecule has 0 aromatic carbocycles. The first-order chi connectivity index (χ1) is 13.1. The van der Waals surface area contributed by atoms with E-state index in [1.165, 1.54) is 0 Å². The summed E-state index contributed by atoms with van der Waals surface area (Å²) in [6.45, 7) is -1.58. The van der Waals surface area contributed by atoms with Crippen molar-refractivity contribution < 1.29 is 68.3 Å². The Labute approximate surface area is 157 Å². The third-order valence-corrected chi connectivity index (χ3v) is 5.55. The van der Waals surface area contributed by atoms with Crippen LogP contribution in [0.15, 0.2) is 0 Å². The molecule has 3 saturated heterocycles. The Kier molecular flexibility index (Phi) is 5.02. The second kappa shape index (κ2) is 6.73. The molecule has 29 heavy (non-hydrogen) atoms. The standard InChI is InChI=1S/C13H11F5O10S/c14-12(15,16)11(13(17,18)29(22,23)24)27-5(19)2-25-10(21)6-4-1-3-7(26-4)8(6)28-9(3)20/h3-4,6-8,11H,1-2H2,(H,22,23,24). The molecule has 164 valence electrons. The molecule has 3 heterocycles. The Morgan fingerprint density at radius 3 is 2.38 bits per heavy atom. The molecular formula is C13H11F5O10S. The van der Waals surface area contributed by atoms with Crippen LogP contribution in [0.2, 0.25) is 0 Å². The first-order valence-electron chi connectivity index (χ1n) is 7.78. The van der Waals surface area contributed by atoms with E-state index in [-0.39, 0.29) is 6.42 Å². The van der Waals surface area contributed by atoms with E-state index < -0.39 is 82.3 Å². The van der Waals surface area contributed by atoms with E-state index in [4.69, 9.17) is 14.0 Å². The SMILES string of the molecule is O=C(COC(=O)C1C2CC3C(=O)OC1C3O2)OC(C(F)(F)F)C(F)(F)S(=O)(=O)O. The Morgan fingerprint density at radius 2 is 1.83 bits per heavy atom. The summed E-state index contributed by atoms with van der Waals surface area (Å²) in [6.07, 6.45) is -13.0. The number of hydrogen-bond donors (Lipinski definition) is 1. The number of halogens is 5. The van der Waals surface area contributed by atoms with Gasteiger partial charge in [-0.3, -0.25) is 14.1 Å². The number of carbonyl (C=O) groups excluding carboxylic acids is 3. The molecule has 3 aliphatic heterocycles. The highest BCUT2D eigenvalue weighted by molar-refractivity contribution is 7.86. The first kappa shape index (κ1) is 21.6. The minimum absolute atomic E-state index is 0.126. The fourth-order valence-corrected chi connectivity index (χ4v) is 3.87. The number of esters is 3. The monoisotopic (exact) mass is 454 g/mol. The number of carbonyl (C=O) groups is 3. The fraction of sp³-hybridized carbons (Fsp3) is 0.769. The summed E-state index contributed by atoms with van der Waals surface area (Å²) < 4.78 is 112. The van der Waals surface area contributed by atoms with E-state index in [0.717, 1.165) is 0 Å². The Morgan fingerprint density at radius 1 is 1.21 bits per heavy atom. The Balaban J connectivity index is 1.62. The number of alkyl halides is 5. The van der Waals surface area contributed by atoms with Gasteiger partial charge in [-0.05, 0) is 6.42 Å². The van der Waals surface area contributed by atoms with Crippen molar-refractivity contribution in [2.45, 2.75) is 42.3 Å². The van der Waals surface area contributed by atoms with Gasteiger partial charge in [0.15, 0.2) is 6.61 Å². The quantitative estimate of drug-likeness (QED) is 0.248. The first-order valence-corrected chi connectivity index (χ1v) is 9.22. The van der Waals surface area contributed by atoms with Crippen molar-refractivity contribution in [3.05, 3.63) is 0 Å². The largest absolute Gasteiger partial charge is 0.458 e. The molecule has 0 aromatic rings. The maximum absolute atomic E-state index is 13.3. The predicted molar refractivity (Wildman–Crippen MR) is 73.5 cm³/mol. The lowest BCUT2D eigenvalue weighted by molar-refractivity contribution is -0.260.